The van der Waals surface area contributed by atoms with E-state index in [-0.39, 0.29) is 11.6 Å². The number of rotatable bonds is 7. The number of likely N-dealkylation sites (N-methyl/N-ethyl adjacent to an activating group) is 1. The molecule has 1 rings (SSSR count). The van der Waals surface area contributed by atoms with Crippen LogP contribution in [0.4, 0.5) is 0 Å². The second kappa shape index (κ2) is 6.53. The van der Waals surface area contributed by atoms with Gasteiger partial charge in [-0.3, -0.25) is 0 Å². The highest BCUT2D eigenvalue weighted by molar-refractivity contribution is 7.07. The fourth-order valence-electron chi connectivity index (χ4n) is 2.76. The minimum Gasteiger partial charge on any atom is -0.326 e. The summed E-state index contributed by atoms with van der Waals surface area (Å²) in [5.74, 6) is 0. The summed E-state index contributed by atoms with van der Waals surface area (Å²) in [7, 11) is 4.30. The van der Waals surface area contributed by atoms with Crippen molar-refractivity contribution in [2.75, 3.05) is 14.1 Å². The predicted octanol–water partition coefficient (Wildman–Crippen LogP) is 3.13. The standard InChI is InChI=1S/C14H26N2S/c1-5-14(6-2,16(3)4)13(15)8-7-12-9-10-17-11-12/h9-11,13H,5-8,15H2,1-4H3. The van der Waals surface area contributed by atoms with Gasteiger partial charge in [-0.2, -0.15) is 11.3 Å². The molecule has 2 nitrogen and oxygen atoms in total. The Kier molecular flexibility index (Phi) is 5.63. The molecule has 0 saturated heterocycles. The minimum absolute atomic E-state index is 0.149. The second-order valence-electron chi connectivity index (χ2n) is 4.98. The monoisotopic (exact) mass is 254 g/mol. The summed E-state index contributed by atoms with van der Waals surface area (Å²) in [5, 5.41) is 4.36. The lowest BCUT2D eigenvalue weighted by atomic mass is 9.81. The number of nitrogens with two attached hydrogens (primary N) is 1. The van der Waals surface area contributed by atoms with Gasteiger partial charge in [0.1, 0.15) is 0 Å². The Balaban J connectivity index is 2.62. The Hall–Kier alpha value is -0.380. The summed E-state index contributed by atoms with van der Waals surface area (Å²) in [6, 6.07) is 2.44. The molecular weight excluding hydrogens is 228 g/mol. The van der Waals surface area contributed by atoms with Gasteiger partial charge >= 0.3 is 0 Å². The predicted molar refractivity (Wildman–Crippen MR) is 77.6 cm³/mol. The smallest absolute Gasteiger partial charge is 0.0349 e. The van der Waals surface area contributed by atoms with Crippen molar-refractivity contribution >= 4 is 11.3 Å². The van der Waals surface area contributed by atoms with Crippen molar-refractivity contribution < 1.29 is 0 Å². The lowest BCUT2D eigenvalue weighted by Gasteiger charge is -2.43. The number of hydrogen-bond acceptors (Lipinski definition) is 3. The molecule has 1 unspecified atom stereocenters. The normalized spacial score (nSPS) is 14.2. The molecule has 2 N–H and O–H groups in total. The van der Waals surface area contributed by atoms with Gasteiger partial charge < -0.3 is 10.6 Å². The maximum atomic E-state index is 6.45. The Morgan fingerprint density at radius 3 is 2.41 bits per heavy atom. The van der Waals surface area contributed by atoms with E-state index in [1.807, 2.05) is 0 Å². The van der Waals surface area contributed by atoms with E-state index in [1.165, 1.54) is 5.56 Å². The SMILES string of the molecule is CCC(CC)(C(N)CCc1ccsc1)N(C)C. The molecule has 0 spiro atoms. The lowest BCUT2D eigenvalue weighted by Crippen LogP contribution is -2.56. The minimum atomic E-state index is 0.149. The molecule has 1 heterocycles. The quantitative estimate of drug-likeness (QED) is 0.810. The van der Waals surface area contributed by atoms with E-state index in [4.69, 9.17) is 5.73 Å². The lowest BCUT2D eigenvalue weighted by molar-refractivity contribution is 0.102. The van der Waals surface area contributed by atoms with Gasteiger partial charge in [0.25, 0.3) is 0 Å². The number of hydrogen-bond donors (Lipinski definition) is 1. The Morgan fingerprint density at radius 1 is 1.35 bits per heavy atom. The van der Waals surface area contributed by atoms with Crippen LogP contribution in [0.1, 0.15) is 38.7 Å². The number of nitrogens with zero attached hydrogens (tertiary/aromatic N) is 1. The number of aryl methyl sites for hydroxylation is 1. The molecule has 0 aromatic carbocycles. The first-order valence-electron chi connectivity index (χ1n) is 6.51. The molecular formula is C14H26N2S. The molecule has 98 valence electrons. The van der Waals surface area contributed by atoms with Crippen LogP contribution in [-0.4, -0.2) is 30.6 Å². The molecule has 1 aromatic rings. The van der Waals surface area contributed by atoms with Crippen LogP contribution in [-0.2, 0) is 6.42 Å². The second-order valence-corrected chi connectivity index (χ2v) is 5.76. The van der Waals surface area contributed by atoms with E-state index in [0.29, 0.717) is 0 Å². The first-order chi connectivity index (χ1) is 8.06. The average molecular weight is 254 g/mol. The molecule has 0 aliphatic carbocycles. The molecule has 3 heteroatoms. The molecule has 0 radical (unpaired) electrons. The van der Waals surface area contributed by atoms with Crippen LogP contribution in [0.5, 0.6) is 0 Å². The Bertz CT molecular complexity index is 302. The summed E-state index contributed by atoms with van der Waals surface area (Å²) < 4.78 is 0. The first-order valence-corrected chi connectivity index (χ1v) is 7.45. The van der Waals surface area contributed by atoms with Crippen molar-refractivity contribution in [2.24, 2.45) is 5.73 Å². The zero-order chi connectivity index (χ0) is 12.9. The fraction of sp³-hybridized carbons (Fsp3) is 0.714. The van der Waals surface area contributed by atoms with E-state index in [0.717, 1.165) is 25.7 Å². The van der Waals surface area contributed by atoms with Gasteiger partial charge in [-0.15, -0.1) is 0 Å². The van der Waals surface area contributed by atoms with Crippen LogP contribution in [0.3, 0.4) is 0 Å². The highest BCUT2D eigenvalue weighted by atomic mass is 32.1. The summed E-state index contributed by atoms with van der Waals surface area (Å²) in [6.07, 6.45) is 4.39. The first kappa shape index (κ1) is 14.7. The number of thiophene rings is 1. The van der Waals surface area contributed by atoms with Gasteiger partial charge in [0.15, 0.2) is 0 Å². The van der Waals surface area contributed by atoms with Gasteiger partial charge in [0.2, 0.25) is 0 Å². The van der Waals surface area contributed by atoms with Gasteiger partial charge in [-0.05, 0) is 62.2 Å². The molecule has 17 heavy (non-hydrogen) atoms. The largest absolute Gasteiger partial charge is 0.326 e. The average Bonchev–Trinajstić information content (AvgIpc) is 2.81. The Morgan fingerprint density at radius 2 is 2.00 bits per heavy atom. The molecule has 0 aliphatic heterocycles. The van der Waals surface area contributed by atoms with E-state index < -0.39 is 0 Å². The van der Waals surface area contributed by atoms with E-state index >= 15 is 0 Å². The van der Waals surface area contributed by atoms with Crippen molar-refractivity contribution in [3.63, 3.8) is 0 Å². The molecule has 0 aliphatic rings. The van der Waals surface area contributed by atoms with Crippen LogP contribution >= 0.6 is 11.3 Å². The highest BCUT2D eigenvalue weighted by Crippen LogP contribution is 2.27. The third kappa shape index (κ3) is 3.30. The van der Waals surface area contributed by atoms with Crippen LogP contribution < -0.4 is 5.73 Å². The van der Waals surface area contributed by atoms with Gasteiger partial charge in [-0.25, -0.2) is 0 Å². The van der Waals surface area contributed by atoms with Crippen LogP contribution in [0.2, 0.25) is 0 Å². The van der Waals surface area contributed by atoms with Crippen molar-refractivity contribution in [1.82, 2.24) is 4.90 Å². The topological polar surface area (TPSA) is 29.3 Å². The van der Waals surface area contributed by atoms with Crippen molar-refractivity contribution in [2.45, 2.75) is 51.1 Å². The Labute approximate surface area is 110 Å². The van der Waals surface area contributed by atoms with E-state index in [1.54, 1.807) is 11.3 Å². The van der Waals surface area contributed by atoms with Crippen LogP contribution in [0.15, 0.2) is 16.8 Å². The van der Waals surface area contributed by atoms with E-state index in [9.17, 15) is 0 Å². The van der Waals surface area contributed by atoms with Gasteiger partial charge in [-0.1, -0.05) is 13.8 Å². The molecule has 1 aromatic heterocycles. The summed E-state index contributed by atoms with van der Waals surface area (Å²) in [6.45, 7) is 4.49. The molecule has 0 bridgehead atoms. The van der Waals surface area contributed by atoms with Crippen LogP contribution in [0, 0.1) is 0 Å². The van der Waals surface area contributed by atoms with Crippen LogP contribution in [0.25, 0.3) is 0 Å². The maximum Gasteiger partial charge on any atom is 0.0349 e. The van der Waals surface area contributed by atoms with Crippen molar-refractivity contribution in [1.29, 1.82) is 0 Å². The summed E-state index contributed by atoms with van der Waals surface area (Å²) in [5.41, 5.74) is 8.02. The van der Waals surface area contributed by atoms with Gasteiger partial charge in [0.05, 0.1) is 0 Å². The maximum absolute atomic E-state index is 6.45. The summed E-state index contributed by atoms with van der Waals surface area (Å²) in [4.78, 5) is 2.31. The molecule has 0 amide bonds. The third-order valence-electron chi connectivity index (χ3n) is 4.13. The fourth-order valence-corrected chi connectivity index (χ4v) is 3.47. The van der Waals surface area contributed by atoms with Crippen molar-refractivity contribution in [3.05, 3.63) is 22.4 Å². The van der Waals surface area contributed by atoms with Gasteiger partial charge in [0, 0.05) is 11.6 Å². The third-order valence-corrected chi connectivity index (χ3v) is 4.86. The highest BCUT2D eigenvalue weighted by Gasteiger charge is 2.34. The zero-order valence-corrected chi connectivity index (χ0v) is 12.4. The zero-order valence-electron chi connectivity index (χ0n) is 11.6. The molecule has 0 fully saturated rings. The van der Waals surface area contributed by atoms with E-state index in [2.05, 4.69) is 49.7 Å². The summed E-state index contributed by atoms with van der Waals surface area (Å²) >= 11 is 1.77. The molecule has 1 atom stereocenters. The van der Waals surface area contributed by atoms with Crippen molar-refractivity contribution in [3.8, 4) is 0 Å². The molecule has 0 saturated carbocycles.